The summed E-state index contributed by atoms with van der Waals surface area (Å²) in [6, 6.07) is -0.451. The van der Waals surface area contributed by atoms with Crippen molar-refractivity contribution >= 4 is 5.97 Å². The number of ether oxygens (including phenoxy) is 5. The molecule has 0 aromatic rings. The number of nitrogens with two attached hydrogens (primary N) is 1. The summed E-state index contributed by atoms with van der Waals surface area (Å²) >= 11 is 0. The number of rotatable bonds is 7. The van der Waals surface area contributed by atoms with Crippen LogP contribution in [0.5, 0.6) is 0 Å². The van der Waals surface area contributed by atoms with Gasteiger partial charge in [-0.2, -0.15) is 0 Å². The molecule has 0 radical (unpaired) electrons. The Bertz CT molecular complexity index is 986. The fraction of sp³-hybridized carbons (Fsp3) is 0.917. The van der Waals surface area contributed by atoms with Gasteiger partial charge in [0.1, 0.15) is 17.8 Å². The number of hydrogen-bond donors (Lipinski definition) is 4. The van der Waals surface area contributed by atoms with Crippen LogP contribution >= 0.6 is 0 Å². The Labute approximate surface area is 283 Å². The van der Waals surface area contributed by atoms with Gasteiger partial charge < -0.3 is 44.7 Å². The van der Waals surface area contributed by atoms with Crippen LogP contribution < -0.4 is 5.73 Å². The summed E-state index contributed by atoms with van der Waals surface area (Å²) < 4.78 is 31.8. The molecule has 0 bridgehead atoms. The minimum atomic E-state index is -1.73. The van der Waals surface area contributed by atoms with Crippen molar-refractivity contribution in [3.63, 3.8) is 0 Å². The maximum atomic E-state index is 14.0. The molecule has 3 aliphatic heterocycles. The maximum absolute atomic E-state index is 14.0. The molecule has 0 saturated carbocycles. The van der Waals surface area contributed by atoms with Crippen molar-refractivity contribution < 1.29 is 43.8 Å². The first kappa shape index (κ1) is 40.3. The maximum Gasteiger partial charge on any atom is 0.311 e. The van der Waals surface area contributed by atoms with Gasteiger partial charge in [-0.3, -0.25) is 9.69 Å². The Balaban J connectivity index is 2.07. The highest BCUT2D eigenvalue weighted by Crippen LogP contribution is 2.37. The van der Waals surface area contributed by atoms with Gasteiger partial charge in [-0.1, -0.05) is 46.8 Å². The Morgan fingerprint density at radius 1 is 1.02 bits per heavy atom. The minimum Gasteiger partial charge on any atom is -0.459 e. The smallest absolute Gasteiger partial charge is 0.311 e. The fourth-order valence-electron chi connectivity index (χ4n) is 7.95. The van der Waals surface area contributed by atoms with E-state index in [2.05, 4.69) is 25.3 Å². The highest BCUT2D eigenvalue weighted by Gasteiger charge is 2.48. The van der Waals surface area contributed by atoms with Gasteiger partial charge in [-0.25, -0.2) is 0 Å². The average Bonchev–Trinajstić information content (AvgIpc) is 3.01. The largest absolute Gasteiger partial charge is 0.459 e. The quantitative estimate of drug-likeness (QED) is 0.232. The molecular formula is C36H66N2O9. The summed E-state index contributed by atoms with van der Waals surface area (Å²) in [5, 5.41) is 33.9. The number of aliphatic hydroxyl groups excluding tert-OH is 2. The molecule has 3 heterocycles. The van der Waals surface area contributed by atoms with E-state index in [1.807, 2.05) is 34.6 Å². The zero-order valence-electron chi connectivity index (χ0n) is 30.5. The van der Waals surface area contributed by atoms with Crippen LogP contribution in [0.25, 0.3) is 0 Å². The molecule has 47 heavy (non-hydrogen) atoms. The summed E-state index contributed by atoms with van der Waals surface area (Å²) in [6.45, 7) is 23.5. The standard InChI is InChI=1S/C36H66N2O9/c1-11-28-36(10,42)34(40)26(8)38(14-13-37)19-21(3)16-23(5)32(46-29-17-20(2)12-15-43-29)24(6)33(25(7)35(41)45-28)47-30-18-22(4)31(39)27(9)44-30/h21-34,39-40,42H,2,11-19,37H2,1,3-10H3/t21-,22?,23+,24-,25?,26?,27?,28-,29?,30+,31-,32+,33+,34?,36-/m1/s1. The van der Waals surface area contributed by atoms with E-state index in [-0.39, 0.29) is 29.8 Å². The van der Waals surface area contributed by atoms with Crippen LogP contribution in [0.2, 0.25) is 0 Å². The second kappa shape index (κ2) is 17.7. The van der Waals surface area contributed by atoms with Crippen molar-refractivity contribution in [2.75, 3.05) is 26.2 Å². The highest BCUT2D eigenvalue weighted by molar-refractivity contribution is 5.73. The molecule has 15 atom stereocenters. The van der Waals surface area contributed by atoms with E-state index >= 15 is 0 Å². The average molecular weight is 671 g/mol. The van der Waals surface area contributed by atoms with E-state index in [0.717, 1.165) is 18.4 Å². The van der Waals surface area contributed by atoms with Crippen molar-refractivity contribution in [2.45, 2.75) is 155 Å². The second-order valence-corrected chi connectivity index (χ2v) is 15.2. The van der Waals surface area contributed by atoms with Crippen molar-refractivity contribution in [1.82, 2.24) is 4.90 Å². The van der Waals surface area contributed by atoms with Gasteiger partial charge in [0.05, 0.1) is 36.9 Å². The molecule has 0 spiro atoms. The topological polar surface area (TPSA) is 153 Å². The van der Waals surface area contributed by atoms with Crippen LogP contribution in [0, 0.1) is 29.6 Å². The highest BCUT2D eigenvalue weighted by atomic mass is 16.7. The number of hydrogen-bond acceptors (Lipinski definition) is 11. The molecular weight excluding hydrogens is 604 g/mol. The Morgan fingerprint density at radius 2 is 1.68 bits per heavy atom. The minimum absolute atomic E-state index is 0.0247. The summed E-state index contributed by atoms with van der Waals surface area (Å²) in [7, 11) is 0. The lowest BCUT2D eigenvalue weighted by Crippen LogP contribution is -2.60. The zero-order chi connectivity index (χ0) is 35.2. The normalized spacial score (nSPS) is 45.6. The van der Waals surface area contributed by atoms with Gasteiger partial charge >= 0.3 is 5.97 Å². The Hall–Kier alpha value is -1.15. The molecule has 11 nitrogen and oxygen atoms in total. The van der Waals surface area contributed by atoms with Gasteiger partial charge in [-0.15, -0.1) is 0 Å². The van der Waals surface area contributed by atoms with E-state index in [1.165, 1.54) is 6.92 Å². The number of carbonyl (C=O) groups excluding carboxylic acids is 1. The van der Waals surface area contributed by atoms with Crippen molar-refractivity contribution in [3.05, 3.63) is 12.2 Å². The number of esters is 1. The van der Waals surface area contributed by atoms with E-state index in [9.17, 15) is 20.1 Å². The Kier molecular flexibility index (Phi) is 15.1. The molecule has 11 heteroatoms. The van der Waals surface area contributed by atoms with Crippen LogP contribution in [-0.2, 0) is 28.5 Å². The molecule has 0 aromatic carbocycles. The number of carbonyl (C=O) groups is 1. The van der Waals surface area contributed by atoms with Gasteiger partial charge in [-0.05, 0) is 64.7 Å². The third kappa shape index (κ3) is 10.2. The number of nitrogens with zero attached hydrogens (tertiary/aromatic N) is 1. The summed E-state index contributed by atoms with van der Waals surface area (Å²) in [6.07, 6.45) is -2.45. The zero-order valence-corrected chi connectivity index (χ0v) is 30.5. The van der Waals surface area contributed by atoms with Gasteiger partial charge in [0.2, 0.25) is 0 Å². The second-order valence-electron chi connectivity index (χ2n) is 15.2. The lowest BCUT2D eigenvalue weighted by atomic mass is 9.80. The van der Waals surface area contributed by atoms with Crippen LogP contribution in [0.15, 0.2) is 12.2 Å². The molecule has 0 aromatic heterocycles. The molecule has 274 valence electrons. The number of cyclic esters (lactones) is 1. The first-order valence-corrected chi connectivity index (χ1v) is 18.0. The van der Waals surface area contributed by atoms with Gasteiger partial charge in [0, 0.05) is 44.4 Å². The number of aliphatic hydroxyl groups is 3. The van der Waals surface area contributed by atoms with Crippen LogP contribution in [0.4, 0.5) is 0 Å². The summed E-state index contributed by atoms with van der Waals surface area (Å²) in [4.78, 5) is 16.2. The molecule has 0 aliphatic carbocycles. The lowest BCUT2D eigenvalue weighted by molar-refractivity contribution is -0.273. The molecule has 3 saturated heterocycles. The van der Waals surface area contributed by atoms with E-state index < -0.39 is 66.6 Å². The Morgan fingerprint density at radius 3 is 2.28 bits per heavy atom. The molecule has 3 rings (SSSR count). The van der Waals surface area contributed by atoms with Gasteiger partial charge in [0.25, 0.3) is 0 Å². The van der Waals surface area contributed by atoms with Crippen molar-refractivity contribution in [3.8, 4) is 0 Å². The van der Waals surface area contributed by atoms with Crippen molar-refractivity contribution in [1.29, 1.82) is 0 Å². The summed E-state index contributed by atoms with van der Waals surface area (Å²) in [5.41, 5.74) is 5.37. The molecule has 3 aliphatic rings. The third-order valence-corrected chi connectivity index (χ3v) is 10.9. The molecule has 5 N–H and O–H groups in total. The van der Waals surface area contributed by atoms with Crippen LogP contribution in [0.1, 0.15) is 94.4 Å². The van der Waals surface area contributed by atoms with E-state index in [1.54, 1.807) is 6.92 Å². The van der Waals surface area contributed by atoms with E-state index in [0.29, 0.717) is 45.5 Å². The van der Waals surface area contributed by atoms with E-state index in [4.69, 9.17) is 29.4 Å². The SMILES string of the molecule is C=C1CCOC(O[C@@H]2[C@@H](C)[C@H](O[C@H]3CC(C)[C@@H](O)C(C)O3)C(C)C(=O)O[C@H](CC)[C@@](C)(O)C(O)C(C)N(CCN)C[C@H](C)C[C@@H]2C)C1. The van der Waals surface area contributed by atoms with Crippen molar-refractivity contribution in [2.24, 2.45) is 35.3 Å². The monoisotopic (exact) mass is 670 g/mol. The first-order chi connectivity index (χ1) is 22.0. The molecule has 0 amide bonds. The first-order valence-electron chi connectivity index (χ1n) is 18.0. The third-order valence-electron chi connectivity index (χ3n) is 10.9. The van der Waals surface area contributed by atoms with Crippen LogP contribution in [0.3, 0.4) is 0 Å². The molecule has 3 fully saturated rings. The molecule has 6 unspecified atom stereocenters. The van der Waals surface area contributed by atoms with Gasteiger partial charge in [0.15, 0.2) is 12.6 Å². The predicted octanol–water partition coefficient (Wildman–Crippen LogP) is 3.61. The predicted molar refractivity (Wildman–Crippen MR) is 180 cm³/mol. The lowest BCUT2D eigenvalue weighted by Gasteiger charge is -2.43. The van der Waals surface area contributed by atoms with Crippen LogP contribution in [-0.4, -0.2) is 113 Å². The fourth-order valence-corrected chi connectivity index (χ4v) is 7.95. The summed E-state index contributed by atoms with van der Waals surface area (Å²) in [5.74, 6) is -1.48.